The number of methoxy groups -OCH3 is 1. The number of aromatic nitrogens is 2. The number of hydrazine groups is 1. The maximum absolute atomic E-state index is 12.2. The third-order valence-electron chi connectivity index (χ3n) is 4.21. The lowest BCUT2D eigenvalue weighted by molar-refractivity contribution is -0.670. The number of hydrogen-bond donors (Lipinski definition) is 2. The van der Waals surface area contributed by atoms with Gasteiger partial charge in [0.15, 0.2) is 5.70 Å². The summed E-state index contributed by atoms with van der Waals surface area (Å²) in [6, 6.07) is 13.0. The van der Waals surface area contributed by atoms with Gasteiger partial charge in [0.25, 0.3) is 12.1 Å². The number of aromatic amines is 1. The minimum absolute atomic E-state index is 0.0392. The van der Waals surface area contributed by atoms with Gasteiger partial charge in [-0.15, -0.1) is 5.11 Å². The van der Waals surface area contributed by atoms with Crippen molar-refractivity contribution in [1.82, 2.24) is 10.9 Å². The van der Waals surface area contributed by atoms with Crippen molar-refractivity contribution in [3.05, 3.63) is 82.6 Å². The van der Waals surface area contributed by atoms with Gasteiger partial charge in [0, 0.05) is 17.7 Å². The number of rotatable bonds is 5. The highest BCUT2D eigenvalue weighted by atomic mass is 16.7. The number of ether oxygens (including phenoxy) is 1. The second kappa shape index (κ2) is 8.42. The summed E-state index contributed by atoms with van der Waals surface area (Å²) in [5, 5.41) is 11.1. The third kappa shape index (κ3) is 4.23. The van der Waals surface area contributed by atoms with Crippen LogP contribution in [0.1, 0.15) is 10.4 Å². The average Bonchev–Trinajstić information content (AvgIpc) is 3.39. The Hall–Kier alpha value is -4.58. The fraction of sp³-hybridized carbons (Fsp3) is 0.0526. The van der Waals surface area contributed by atoms with E-state index < -0.39 is 17.5 Å². The standard InChI is InChI=1S/C19H14N6O6/c1-29-15-8-6-14(7-9-15)25-16(19(28)31-23-25)10-20-21-18(27)12-2-4-13(5-3-12)24-11-17(26)30-22-24/h2-11,23H,1H3/p+1/b16-10-,21-20?. The van der Waals surface area contributed by atoms with Crippen LogP contribution in [0.3, 0.4) is 0 Å². The molecule has 156 valence electrons. The first-order chi connectivity index (χ1) is 15.0. The van der Waals surface area contributed by atoms with E-state index in [9.17, 15) is 14.4 Å². The van der Waals surface area contributed by atoms with E-state index in [0.717, 1.165) is 6.20 Å². The lowest BCUT2D eigenvalue weighted by atomic mass is 10.2. The number of azo groups is 1. The van der Waals surface area contributed by atoms with Crippen LogP contribution in [-0.2, 0) is 9.63 Å². The maximum atomic E-state index is 12.2. The molecule has 31 heavy (non-hydrogen) atoms. The molecule has 2 heterocycles. The van der Waals surface area contributed by atoms with Crippen LogP contribution < -0.4 is 25.6 Å². The van der Waals surface area contributed by atoms with Crippen LogP contribution in [0.2, 0.25) is 0 Å². The molecule has 0 saturated carbocycles. The van der Waals surface area contributed by atoms with E-state index in [-0.39, 0.29) is 11.3 Å². The Morgan fingerprint density at radius 1 is 1.13 bits per heavy atom. The zero-order valence-corrected chi connectivity index (χ0v) is 16.0. The van der Waals surface area contributed by atoms with E-state index in [4.69, 9.17) is 9.57 Å². The van der Waals surface area contributed by atoms with Gasteiger partial charge in [-0.05, 0) is 46.4 Å². The molecule has 1 aromatic heterocycles. The second-order valence-electron chi connectivity index (χ2n) is 6.11. The largest absolute Gasteiger partial charge is 0.497 e. The third-order valence-corrected chi connectivity index (χ3v) is 4.21. The first-order valence-corrected chi connectivity index (χ1v) is 8.82. The number of carbonyl (C=O) groups is 2. The molecular weight excluding hydrogens is 408 g/mol. The Morgan fingerprint density at radius 3 is 2.52 bits per heavy atom. The molecule has 0 spiro atoms. The van der Waals surface area contributed by atoms with Crippen molar-refractivity contribution >= 4 is 17.6 Å². The number of anilines is 1. The van der Waals surface area contributed by atoms with Crippen molar-refractivity contribution in [2.24, 2.45) is 10.2 Å². The molecule has 4 rings (SSSR count). The molecular formula is C19H15N6O6+. The molecule has 1 saturated heterocycles. The molecule has 0 bridgehead atoms. The highest BCUT2D eigenvalue weighted by Crippen LogP contribution is 2.24. The minimum Gasteiger partial charge on any atom is -0.497 e. The Kier molecular flexibility index (Phi) is 5.36. The SMILES string of the molecule is COc1ccc(N2NOC(=O)/C2=C/N=NC(=O)c2ccc(-[n+]3cc(=O)o[nH]3)cc2)cc1. The Morgan fingerprint density at radius 2 is 1.87 bits per heavy atom. The Balaban J connectivity index is 1.48. The lowest BCUT2D eigenvalue weighted by Crippen LogP contribution is -2.32. The normalized spacial score (nSPS) is 14.9. The summed E-state index contributed by atoms with van der Waals surface area (Å²) in [5.41, 5.74) is 3.39. The van der Waals surface area contributed by atoms with Crippen LogP contribution in [-0.4, -0.2) is 24.3 Å². The molecule has 2 N–H and O–H groups in total. The van der Waals surface area contributed by atoms with Crippen LogP contribution in [0.4, 0.5) is 5.69 Å². The molecule has 12 nitrogen and oxygen atoms in total. The molecule has 1 fully saturated rings. The van der Waals surface area contributed by atoms with Gasteiger partial charge in [0.1, 0.15) is 5.75 Å². The minimum atomic E-state index is -0.683. The van der Waals surface area contributed by atoms with E-state index in [2.05, 4.69) is 25.6 Å². The van der Waals surface area contributed by atoms with Crippen molar-refractivity contribution < 1.29 is 28.4 Å². The monoisotopic (exact) mass is 423 g/mol. The quantitative estimate of drug-likeness (QED) is 0.354. The second-order valence-corrected chi connectivity index (χ2v) is 6.11. The van der Waals surface area contributed by atoms with Gasteiger partial charge in [-0.2, -0.15) is 5.11 Å². The summed E-state index contributed by atoms with van der Waals surface area (Å²) in [7, 11) is 1.54. The van der Waals surface area contributed by atoms with Crippen molar-refractivity contribution in [3.63, 3.8) is 0 Å². The predicted molar refractivity (Wildman–Crippen MR) is 103 cm³/mol. The number of carbonyl (C=O) groups excluding carboxylic acids is 2. The number of nitrogens with zero attached hydrogens (tertiary/aromatic N) is 4. The van der Waals surface area contributed by atoms with Crippen LogP contribution in [0.15, 0.2) is 86.2 Å². The zero-order chi connectivity index (χ0) is 21.8. The van der Waals surface area contributed by atoms with Crippen molar-refractivity contribution in [1.29, 1.82) is 0 Å². The summed E-state index contributed by atoms with van der Waals surface area (Å²) in [6.45, 7) is 0. The van der Waals surface area contributed by atoms with Gasteiger partial charge in [0.05, 0.1) is 19.0 Å². The molecule has 0 radical (unpaired) electrons. The molecule has 3 aromatic rings. The van der Waals surface area contributed by atoms with Crippen LogP contribution in [0, 0.1) is 0 Å². The summed E-state index contributed by atoms with van der Waals surface area (Å²) in [4.78, 5) is 40.1. The van der Waals surface area contributed by atoms with E-state index in [1.807, 2.05) is 0 Å². The smallest absolute Gasteiger partial charge is 0.427 e. The van der Waals surface area contributed by atoms with Gasteiger partial charge in [0.2, 0.25) is 5.69 Å². The van der Waals surface area contributed by atoms with Gasteiger partial charge in [-0.3, -0.25) is 9.32 Å². The molecule has 2 aromatic carbocycles. The molecule has 1 aliphatic heterocycles. The summed E-state index contributed by atoms with van der Waals surface area (Å²) >= 11 is 0. The molecule has 0 atom stereocenters. The summed E-state index contributed by atoms with van der Waals surface area (Å²) in [6.07, 6.45) is 2.33. The number of hydrogen-bond acceptors (Lipinski definition) is 9. The van der Waals surface area contributed by atoms with E-state index >= 15 is 0 Å². The Bertz CT molecular complexity index is 1230. The topological polar surface area (TPSA) is 142 Å². The zero-order valence-electron chi connectivity index (χ0n) is 16.0. The number of H-pyrrole nitrogens is 1. The molecule has 1 aliphatic rings. The molecule has 1 amide bonds. The highest BCUT2D eigenvalue weighted by molar-refractivity contribution is 5.95. The van der Waals surface area contributed by atoms with E-state index in [0.29, 0.717) is 17.1 Å². The van der Waals surface area contributed by atoms with Crippen LogP contribution in [0.5, 0.6) is 5.75 Å². The number of amides is 1. The average molecular weight is 423 g/mol. The van der Waals surface area contributed by atoms with Crippen molar-refractivity contribution in [2.75, 3.05) is 12.1 Å². The van der Waals surface area contributed by atoms with E-state index in [1.54, 1.807) is 43.5 Å². The Labute approximate surface area is 173 Å². The summed E-state index contributed by atoms with van der Waals surface area (Å²) < 4.78 is 11.0. The fourth-order valence-corrected chi connectivity index (χ4v) is 2.65. The van der Waals surface area contributed by atoms with Gasteiger partial charge >= 0.3 is 11.6 Å². The van der Waals surface area contributed by atoms with Crippen molar-refractivity contribution in [3.8, 4) is 11.4 Å². The number of benzene rings is 2. The maximum Gasteiger partial charge on any atom is 0.427 e. The first-order valence-electron chi connectivity index (χ1n) is 8.82. The van der Waals surface area contributed by atoms with Crippen LogP contribution >= 0.6 is 0 Å². The summed E-state index contributed by atoms with van der Waals surface area (Å²) in [5.74, 6) is -0.656. The number of nitrogens with one attached hydrogen (secondary N) is 2. The molecule has 0 aliphatic carbocycles. The highest BCUT2D eigenvalue weighted by Gasteiger charge is 2.29. The molecule has 0 unspecified atom stereocenters. The van der Waals surface area contributed by atoms with Crippen LogP contribution in [0.25, 0.3) is 5.69 Å². The van der Waals surface area contributed by atoms with Crippen molar-refractivity contribution in [2.45, 2.75) is 0 Å². The van der Waals surface area contributed by atoms with Gasteiger partial charge in [-0.1, -0.05) is 5.59 Å². The van der Waals surface area contributed by atoms with Gasteiger partial charge in [-0.25, -0.2) is 14.6 Å². The fourth-order valence-electron chi connectivity index (χ4n) is 2.65. The lowest BCUT2D eigenvalue weighted by Gasteiger charge is -2.14. The molecule has 12 heteroatoms. The first kappa shape index (κ1) is 19.7. The van der Waals surface area contributed by atoms with E-state index in [1.165, 1.54) is 28.0 Å². The van der Waals surface area contributed by atoms with Gasteiger partial charge < -0.3 is 9.57 Å². The predicted octanol–water partition coefficient (Wildman–Crippen LogP) is 1.17.